The highest BCUT2D eigenvalue weighted by Gasteiger charge is 2.63. The van der Waals surface area contributed by atoms with Gasteiger partial charge in [-0.05, 0) is 44.8 Å². The minimum absolute atomic E-state index is 0.0229. The molecule has 1 aliphatic rings. The topological polar surface area (TPSA) is 46.5 Å². The molecular weight excluding hydrogens is 332 g/mol. The Labute approximate surface area is 150 Å². The first-order valence-corrected chi connectivity index (χ1v) is 15.3. The number of carbonyl (C=O) groups is 1. The molecule has 0 amide bonds. The molecule has 0 aliphatic heterocycles. The van der Waals surface area contributed by atoms with Crippen LogP contribution in [0.1, 0.15) is 47.5 Å². The van der Waals surface area contributed by atoms with E-state index < -0.39 is 33.5 Å². The Balaban J connectivity index is 3.30. The molecule has 24 heavy (non-hydrogen) atoms. The van der Waals surface area contributed by atoms with Crippen molar-refractivity contribution < 1.29 is 14.3 Å². The number of Topliss-reactive ketones (excluding diaryl/α,β-unsaturated/α-hetero) is 1. The van der Waals surface area contributed by atoms with E-state index in [4.69, 9.17) is 4.43 Å². The smallest absolute Gasteiger partial charge is 0.193 e. The van der Waals surface area contributed by atoms with Crippen LogP contribution in [-0.2, 0) is 9.22 Å². The van der Waals surface area contributed by atoms with Gasteiger partial charge >= 0.3 is 0 Å². The zero-order valence-electron chi connectivity index (χ0n) is 17.3. The molecule has 138 valence electrons. The standard InChI is InChI=1S/C19H36O3Si2/c1-15(20)19(12-13-19)18(5,21)16(11-14-23(6,7)8)22-24(9,10)17(2,3)4/h16,21H,12-13H2,1-10H3/t16-,18+/m1/s1. The normalized spacial score (nSPS) is 21.3. The molecule has 0 unspecified atom stereocenters. The van der Waals surface area contributed by atoms with E-state index in [2.05, 4.69) is 65.0 Å². The lowest BCUT2D eigenvalue weighted by Crippen LogP contribution is -2.56. The van der Waals surface area contributed by atoms with Gasteiger partial charge in [-0.15, -0.1) is 5.54 Å². The fourth-order valence-corrected chi connectivity index (χ4v) is 4.42. The molecule has 3 nitrogen and oxygen atoms in total. The molecule has 0 aromatic carbocycles. The Morgan fingerprint density at radius 2 is 1.58 bits per heavy atom. The van der Waals surface area contributed by atoms with Crippen molar-refractivity contribution in [3.63, 3.8) is 0 Å². The van der Waals surface area contributed by atoms with Gasteiger partial charge in [-0.25, -0.2) is 0 Å². The van der Waals surface area contributed by atoms with Crippen LogP contribution in [0.15, 0.2) is 0 Å². The predicted molar refractivity (Wildman–Crippen MR) is 106 cm³/mol. The summed E-state index contributed by atoms with van der Waals surface area (Å²) in [7, 11) is -3.73. The first-order chi connectivity index (χ1) is 10.5. The molecule has 0 heterocycles. The highest BCUT2D eigenvalue weighted by molar-refractivity contribution is 6.83. The van der Waals surface area contributed by atoms with E-state index >= 15 is 0 Å². The largest absolute Gasteiger partial charge is 0.401 e. The van der Waals surface area contributed by atoms with Crippen LogP contribution in [0, 0.1) is 16.9 Å². The molecule has 0 aromatic rings. The van der Waals surface area contributed by atoms with Crippen molar-refractivity contribution >= 4 is 22.2 Å². The third kappa shape index (κ3) is 4.40. The van der Waals surface area contributed by atoms with Crippen LogP contribution in [-0.4, -0.2) is 39.0 Å². The number of rotatable bonds is 5. The third-order valence-electron chi connectivity index (χ3n) is 5.70. The number of aliphatic hydroxyl groups is 1. The van der Waals surface area contributed by atoms with Gasteiger partial charge in [-0.2, -0.15) is 0 Å². The maximum Gasteiger partial charge on any atom is 0.193 e. The lowest BCUT2D eigenvalue weighted by Gasteiger charge is -2.44. The molecule has 1 aliphatic carbocycles. The van der Waals surface area contributed by atoms with Crippen molar-refractivity contribution in [1.29, 1.82) is 0 Å². The van der Waals surface area contributed by atoms with Gasteiger partial charge in [0.05, 0.1) is 5.41 Å². The summed E-state index contributed by atoms with van der Waals surface area (Å²) in [6.07, 6.45) is 0.833. The Bertz CT molecular complexity index is 550. The van der Waals surface area contributed by atoms with Gasteiger partial charge in [0.15, 0.2) is 8.32 Å². The van der Waals surface area contributed by atoms with Crippen LogP contribution in [0.4, 0.5) is 0 Å². The molecule has 1 fully saturated rings. The van der Waals surface area contributed by atoms with E-state index in [9.17, 15) is 9.90 Å². The average Bonchev–Trinajstić information content (AvgIpc) is 3.12. The molecule has 0 aromatic heterocycles. The van der Waals surface area contributed by atoms with E-state index in [0.29, 0.717) is 0 Å². The van der Waals surface area contributed by atoms with Crippen molar-refractivity contribution in [3.05, 3.63) is 0 Å². The second-order valence-electron chi connectivity index (χ2n) is 10.1. The molecule has 1 rings (SSSR count). The van der Waals surface area contributed by atoms with Gasteiger partial charge in [0.2, 0.25) is 0 Å². The fourth-order valence-electron chi connectivity index (χ4n) is 2.63. The molecule has 0 saturated heterocycles. The molecule has 1 saturated carbocycles. The quantitative estimate of drug-likeness (QED) is 0.579. The van der Waals surface area contributed by atoms with Crippen LogP contribution in [0.25, 0.3) is 0 Å². The van der Waals surface area contributed by atoms with Crippen LogP contribution >= 0.6 is 0 Å². The number of hydrogen-bond donors (Lipinski definition) is 1. The van der Waals surface area contributed by atoms with Crippen molar-refractivity contribution in [2.24, 2.45) is 5.41 Å². The van der Waals surface area contributed by atoms with Crippen molar-refractivity contribution in [2.45, 2.75) is 96.9 Å². The van der Waals surface area contributed by atoms with Crippen LogP contribution in [0.5, 0.6) is 0 Å². The zero-order chi connectivity index (χ0) is 19.2. The fraction of sp³-hybridized carbons (Fsp3) is 0.842. The van der Waals surface area contributed by atoms with Gasteiger partial charge in [0.25, 0.3) is 0 Å². The molecule has 0 bridgehead atoms. The summed E-state index contributed by atoms with van der Waals surface area (Å²) in [5.41, 5.74) is 1.42. The van der Waals surface area contributed by atoms with E-state index in [1.807, 2.05) is 0 Å². The SMILES string of the molecule is CC(=O)C1([C@@](C)(O)[C@@H](C#C[Si](C)(C)C)O[Si](C)(C)C(C)(C)C)CC1. The lowest BCUT2D eigenvalue weighted by atomic mass is 9.79. The lowest BCUT2D eigenvalue weighted by molar-refractivity contribution is -0.139. The maximum absolute atomic E-state index is 12.2. The molecular formula is C19H36O3Si2. The summed E-state index contributed by atoms with van der Waals surface area (Å²) in [4.78, 5) is 12.2. The van der Waals surface area contributed by atoms with Gasteiger partial charge in [0.1, 0.15) is 25.6 Å². The Kier molecular flexibility index (Phi) is 5.76. The second kappa shape index (κ2) is 6.39. The number of hydrogen-bond acceptors (Lipinski definition) is 3. The molecule has 1 N–H and O–H groups in total. The summed E-state index contributed by atoms with van der Waals surface area (Å²) in [6, 6.07) is 0. The van der Waals surface area contributed by atoms with Gasteiger partial charge < -0.3 is 9.53 Å². The van der Waals surface area contributed by atoms with Crippen LogP contribution < -0.4 is 0 Å². The molecule has 0 spiro atoms. The first-order valence-electron chi connectivity index (χ1n) is 8.90. The van der Waals surface area contributed by atoms with E-state index in [1.165, 1.54) is 0 Å². The maximum atomic E-state index is 12.2. The van der Waals surface area contributed by atoms with E-state index in [1.54, 1.807) is 13.8 Å². The average molecular weight is 369 g/mol. The van der Waals surface area contributed by atoms with Gasteiger partial charge in [-0.3, -0.25) is 4.79 Å². The van der Waals surface area contributed by atoms with Crippen LogP contribution in [0.2, 0.25) is 37.8 Å². The Hall–Kier alpha value is -0.416. The van der Waals surface area contributed by atoms with Crippen molar-refractivity contribution in [3.8, 4) is 11.5 Å². The van der Waals surface area contributed by atoms with Crippen molar-refractivity contribution in [2.75, 3.05) is 0 Å². The predicted octanol–water partition coefficient (Wildman–Crippen LogP) is 4.38. The summed E-state index contributed by atoms with van der Waals surface area (Å²) in [6.45, 7) is 20.7. The van der Waals surface area contributed by atoms with Gasteiger partial charge in [-0.1, -0.05) is 46.3 Å². The minimum atomic E-state index is -2.12. The minimum Gasteiger partial charge on any atom is -0.401 e. The summed E-state index contributed by atoms with van der Waals surface area (Å²) in [5.74, 6) is 3.30. The number of ketones is 1. The monoisotopic (exact) mass is 368 g/mol. The first kappa shape index (κ1) is 21.6. The molecule has 2 atom stereocenters. The van der Waals surface area contributed by atoms with Crippen LogP contribution in [0.3, 0.4) is 0 Å². The third-order valence-corrected chi connectivity index (χ3v) is 11.0. The summed E-state index contributed by atoms with van der Waals surface area (Å²) >= 11 is 0. The Morgan fingerprint density at radius 3 is 1.88 bits per heavy atom. The zero-order valence-corrected chi connectivity index (χ0v) is 19.3. The highest BCUT2D eigenvalue weighted by atomic mass is 28.4. The van der Waals surface area contributed by atoms with E-state index in [0.717, 1.165) is 12.8 Å². The highest BCUT2D eigenvalue weighted by Crippen LogP contribution is 2.57. The van der Waals surface area contributed by atoms with Crippen molar-refractivity contribution in [1.82, 2.24) is 0 Å². The summed E-state index contributed by atoms with van der Waals surface area (Å²) < 4.78 is 6.52. The molecule has 5 heteroatoms. The van der Waals surface area contributed by atoms with E-state index in [-0.39, 0.29) is 10.8 Å². The van der Waals surface area contributed by atoms with Gasteiger partial charge in [0, 0.05) is 0 Å². The number of carbonyl (C=O) groups excluding carboxylic acids is 1. The molecule has 0 radical (unpaired) electrons. The second-order valence-corrected chi connectivity index (χ2v) is 19.6. The summed E-state index contributed by atoms with van der Waals surface area (Å²) in [5, 5.41) is 11.4. The Morgan fingerprint density at radius 1 is 1.12 bits per heavy atom.